The van der Waals surface area contributed by atoms with Crippen molar-refractivity contribution >= 4 is 5.91 Å². The molecule has 1 unspecified atom stereocenters. The van der Waals surface area contributed by atoms with E-state index in [4.69, 9.17) is 9.84 Å². The maximum absolute atomic E-state index is 10.8. The van der Waals surface area contributed by atoms with Gasteiger partial charge in [0.2, 0.25) is 5.91 Å². The lowest BCUT2D eigenvalue weighted by molar-refractivity contribution is -0.130. The van der Waals surface area contributed by atoms with Crippen LogP contribution in [0.2, 0.25) is 0 Å². The fraction of sp³-hybridized carbons (Fsp3) is 0.833. The Morgan fingerprint density at radius 1 is 1.80 bits per heavy atom. The molecule has 0 aromatic heterocycles. The smallest absolute Gasteiger partial charge is 0.248 e. The van der Waals surface area contributed by atoms with E-state index < -0.39 is 6.10 Å². The molecule has 0 aromatic rings. The van der Waals surface area contributed by atoms with E-state index >= 15 is 0 Å². The first-order valence-corrected chi connectivity index (χ1v) is 3.13. The van der Waals surface area contributed by atoms with Crippen molar-refractivity contribution in [1.82, 2.24) is 5.32 Å². The number of amides is 1. The number of ether oxygens (including phenoxy) is 1. The maximum Gasteiger partial charge on any atom is 0.248 e. The fourth-order valence-corrected chi connectivity index (χ4v) is 0.430. The van der Waals surface area contributed by atoms with Crippen LogP contribution in [0.4, 0.5) is 0 Å². The molecule has 60 valence electrons. The van der Waals surface area contributed by atoms with Crippen LogP contribution in [-0.2, 0) is 9.53 Å². The molecule has 0 aliphatic heterocycles. The third-order valence-corrected chi connectivity index (χ3v) is 1.13. The monoisotopic (exact) mass is 147 g/mol. The molecular weight excluding hydrogens is 134 g/mol. The van der Waals surface area contributed by atoms with Crippen LogP contribution in [0.25, 0.3) is 0 Å². The van der Waals surface area contributed by atoms with Gasteiger partial charge >= 0.3 is 0 Å². The van der Waals surface area contributed by atoms with Crippen LogP contribution >= 0.6 is 0 Å². The second kappa shape index (κ2) is 5.20. The highest BCUT2D eigenvalue weighted by Crippen LogP contribution is 1.85. The van der Waals surface area contributed by atoms with Crippen molar-refractivity contribution in [2.45, 2.75) is 13.0 Å². The van der Waals surface area contributed by atoms with Gasteiger partial charge in [-0.25, -0.2) is 0 Å². The lowest BCUT2D eigenvalue weighted by atomic mass is 10.4. The molecule has 2 N–H and O–H groups in total. The molecule has 1 atom stereocenters. The standard InChI is InChI=1S/C6H13NO3/c1-5(10-2)6(9)7-3-4-8/h5,8H,3-4H2,1-2H3,(H,7,9). The Kier molecular flexibility index (Phi) is 4.88. The molecule has 10 heavy (non-hydrogen) atoms. The Balaban J connectivity index is 3.42. The Bertz CT molecular complexity index is 105. The molecule has 4 nitrogen and oxygen atoms in total. The molecule has 0 aromatic carbocycles. The van der Waals surface area contributed by atoms with E-state index in [9.17, 15) is 4.79 Å². The van der Waals surface area contributed by atoms with E-state index in [1.165, 1.54) is 7.11 Å². The van der Waals surface area contributed by atoms with Crippen LogP contribution in [0.5, 0.6) is 0 Å². The minimum atomic E-state index is -0.438. The Morgan fingerprint density at radius 3 is 2.80 bits per heavy atom. The molecule has 0 fully saturated rings. The first kappa shape index (κ1) is 9.39. The molecular formula is C6H13NO3. The number of aliphatic hydroxyl groups excluding tert-OH is 1. The summed E-state index contributed by atoms with van der Waals surface area (Å²) in [6.07, 6.45) is -0.438. The van der Waals surface area contributed by atoms with Crippen LogP contribution in [0, 0.1) is 0 Å². The van der Waals surface area contributed by atoms with E-state index in [0.717, 1.165) is 0 Å². The lowest BCUT2D eigenvalue weighted by Crippen LogP contribution is -2.35. The summed E-state index contributed by atoms with van der Waals surface area (Å²) in [6.45, 7) is 1.89. The van der Waals surface area contributed by atoms with Gasteiger partial charge in [0.05, 0.1) is 6.61 Å². The highest BCUT2D eigenvalue weighted by Gasteiger charge is 2.08. The first-order valence-electron chi connectivity index (χ1n) is 3.13. The van der Waals surface area contributed by atoms with Crippen LogP contribution in [-0.4, -0.2) is 37.4 Å². The fourth-order valence-electron chi connectivity index (χ4n) is 0.430. The summed E-state index contributed by atoms with van der Waals surface area (Å²) in [6, 6.07) is 0. The zero-order valence-electron chi connectivity index (χ0n) is 6.26. The summed E-state index contributed by atoms with van der Waals surface area (Å²) >= 11 is 0. The molecule has 0 heterocycles. The third-order valence-electron chi connectivity index (χ3n) is 1.13. The number of carbonyl (C=O) groups excluding carboxylic acids is 1. The molecule has 0 saturated heterocycles. The predicted octanol–water partition coefficient (Wildman–Crippen LogP) is -0.870. The van der Waals surface area contributed by atoms with Crippen LogP contribution in [0.3, 0.4) is 0 Å². The van der Waals surface area contributed by atoms with Crippen LogP contribution in [0.15, 0.2) is 0 Å². The number of hydrogen-bond donors (Lipinski definition) is 2. The summed E-state index contributed by atoms with van der Waals surface area (Å²) < 4.78 is 4.72. The maximum atomic E-state index is 10.8. The van der Waals surface area contributed by atoms with Gasteiger partial charge in [0.25, 0.3) is 0 Å². The number of hydrogen-bond acceptors (Lipinski definition) is 3. The largest absolute Gasteiger partial charge is 0.395 e. The summed E-state index contributed by atoms with van der Waals surface area (Å²) in [7, 11) is 1.46. The van der Waals surface area contributed by atoms with Crippen molar-refractivity contribution in [3.63, 3.8) is 0 Å². The lowest BCUT2D eigenvalue weighted by Gasteiger charge is -2.08. The molecule has 0 spiro atoms. The second-order valence-electron chi connectivity index (χ2n) is 1.89. The SMILES string of the molecule is COC(C)C(=O)NCCO. The van der Waals surface area contributed by atoms with Gasteiger partial charge < -0.3 is 15.2 Å². The second-order valence-corrected chi connectivity index (χ2v) is 1.89. The molecule has 0 rings (SSSR count). The van der Waals surface area contributed by atoms with Gasteiger partial charge in [-0.1, -0.05) is 0 Å². The number of aliphatic hydroxyl groups is 1. The van der Waals surface area contributed by atoms with E-state index in [2.05, 4.69) is 5.32 Å². The van der Waals surface area contributed by atoms with Crippen molar-refractivity contribution in [2.75, 3.05) is 20.3 Å². The van der Waals surface area contributed by atoms with Crippen molar-refractivity contribution < 1.29 is 14.6 Å². The predicted molar refractivity (Wildman–Crippen MR) is 36.6 cm³/mol. The van der Waals surface area contributed by atoms with Crippen molar-refractivity contribution in [3.8, 4) is 0 Å². The zero-order chi connectivity index (χ0) is 7.98. The van der Waals surface area contributed by atoms with E-state index in [-0.39, 0.29) is 19.1 Å². The van der Waals surface area contributed by atoms with Gasteiger partial charge in [-0.2, -0.15) is 0 Å². The number of rotatable bonds is 4. The summed E-state index contributed by atoms with van der Waals surface area (Å²) in [5.41, 5.74) is 0. The first-order chi connectivity index (χ1) is 4.72. The molecule has 0 saturated carbocycles. The number of carbonyl (C=O) groups is 1. The molecule has 0 aliphatic carbocycles. The average Bonchev–Trinajstić information content (AvgIpc) is 1.98. The molecule has 4 heteroatoms. The van der Waals surface area contributed by atoms with Gasteiger partial charge in [-0.05, 0) is 6.92 Å². The minimum absolute atomic E-state index is 0.0395. The van der Waals surface area contributed by atoms with Crippen molar-refractivity contribution in [1.29, 1.82) is 0 Å². The van der Waals surface area contributed by atoms with Gasteiger partial charge in [-0.15, -0.1) is 0 Å². The minimum Gasteiger partial charge on any atom is -0.395 e. The van der Waals surface area contributed by atoms with Gasteiger partial charge in [-0.3, -0.25) is 4.79 Å². The third kappa shape index (κ3) is 3.42. The van der Waals surface area contributed by atoms with Gasteiger partial charge in [0.1, 0.15) is 6.10 Å². The van der Waals surface area contributed by atoms with E-state index in [0.29, 0.717) is 0 Å². The molecule has 0 aliphatic rings. The highest BCUT2D eigenvalue weighted by molar-refractivity contribution is 5.80. The van der Waals surface area contributed by atoms with E-state index in [1.54, 1.807) is 6.92 Å². The Morgan fingerprint density at radius 2 is 2.40 bits per heavy atom. The van der Waals surface area contributed by atoms with Gasteiger partial charge in [0, 0.05) is 13.7 Å². The highest BCUT2D eigenvalue weighted by atomic mass is 16.5. The zero-order valence-corrected chi connectivity index (χ0v) is 6.26. The van der Waals surface area contributed by atoms with E-state index in [1.807, 2.05) is 0 Å². The summed E-state index contributed by atoms with van der Waals surface area (Å²) in [5, 5.41) is 10.8. The van der Waals surface area contributed by atoms with Crippen LogP contribution < -0.4 is 5.32 Å². The number of nitrogens with one attached hydrogen (secondary N) is 1. The summed E-state index contributed by atoms with van der Waals surface area (Å²) in [5.74, 6) is -0.198. The molecule has 1 amide bonds. The van der Waals surface area contributed by atoms with Crippen molar-refractivity contribution in [2.24, 2.45) is 0 Å². The normalized spacial score (nSPS) is 12.7. The molecule has 0 radical (unpaired) electrons. The molecule has 0 bridgehead atoms. The van der Waals surface area contributed by atoms with Crippen LogP contribution in [0.1, 0.15) is 6.92 Å². The van der Waals surface area contributed by atoms with Crippen molar-refractivity contribution in [3.05, 3.63) is 0 Å². The Labute approximate surface area is 60.2 Å². The Hall–Kier alpha value is -0.610. The average molecular weight is 147 g/mol. The quantitative estimate of drug-likeness (QED) is 0.543. The number of methoxy groups -OCH3 is 1. The van der Waals surface area contributed by atoms with Gasteiger partial charge in [0.15, 0.2) is 0 Å². The topological polar surface area (TPSA) is 58.6 Å². The summed E-state index contributed by atoms with van der Waals surface area (Å²) in [4.78, 5) is 10.8.